The van der Waals surface area contributed by atoms with Gasteiger partial charge in [-0.15, -0.1) is 0 Å². The van der Waals surface area contributed by atoms with Crippen molar-refractivity contribution in [3.05, 3.63) is 0 Å². The molecular weight excluding hydrogens is 236 g/mol. The molecular formula is C16H32N2O. The number of hydrogen-bond donors (Lipinski definition) is 1. The minimum absolute atomic E-state index is 0.461. The fraction of sp³-hybridized carbons (Fsp3) is 1.00. The number of hydrogen-bond acceptors (Lipinski definition) is 3. The van der Waals surface area contributed by atoms with Crippen LogP contribution in [-0.2, 0) is 4.74 Å². The van der Waals surface area contributed by atoms with Gasteiger partial charge in [-0.2, -0.15) is 0 Å². The Kier molecular flexibility index (Phi) is 6.62. The Morgan fingerprint density at radius 3 is 2.79 bits per heavy atom. The van der Waals surface area contributed by atoms with Gasteiger partial charge < -0.3 is 15.0 Å². The van der Waals surface area contributed by atoms with Crippen LogP contribution in [-0.4, -0.2) is 49.8 Å². The second kappa shape index (κ2) is 8.23. The third-order valence-corrected chi connectivity index (χ3v) is 4.57. The van der Waals surface area contributed by atoms with E-state index in [9.17, 15) is 0 Å². The SMILES string of the molecule is CCCNCC1CCC(CN2CCCC(C)CC2)O1. The van der Waals surface area contributed by atoms with E-state index >= 15 is 0 Å². The molecule has 3 atom stereocenters. The second-order valence-corrected chi connectivity index (χ2v) is 6.50. The largest absolute Gasteiger partial charge is 0.372 e. The van der Waals surface area contributed by atoms with Gasteiger partial charge in [0, 0.05) is 13.1 Å². The average Bonchev–Trinajstić information content (AvgIpc) is 2.73. The van der Waals surface area contributed by atoms with E-state index in [1.165, 1.54) is 51.6 Å². The lowest BCUT2D eigenvalue weighted by molar-refractivity contribution is 0.0239. The lowest BCUT2D eigenvalue weighted by atomic mass is 10.0. The van der Waals surface area contributed by atoms with E-state index in [0.717, 1.165) is 25.6 Å². The molecule has 2 heterocycles. The van der Waals surface area contributed by atoms with Gasteiger partial charge in [0.1, 0.15) is 0 Å². The van der Waals surface area contributed by atoms with E-state index in [0.29, 0.717) is 12.2 Å². The highest BCUT2D eigenvalue weighted by atomic mass is 16.5. The van der Waals surface area contributed by atoms with Crippen molar-refractivity contribution in [2.45, 2.75) is 64.6 Å². The minimum Gasteiger partial charge on any atom is -0.372 e. The highest BCUT2D eigenvalue weighted by Crippen LogP contribution is 2.22. The average molecular weight is 268 g/mol. The van der Waals surface area contributed by atoms with Gasteiger partial charge in [-0.1, -0.05) is 13.8 Å². The predicted molar refractivity (Wildman–Crippen MR) is 80.5 cm³/mol. The molecule has 0 aromatic heterocycles. The summed E-state index contributed by atoms with van der Waals surface area (Å²) in [6.07, 6.45) is 8.80. The second-order valence-electron chi connectivity index (χ2n) is 6.50. The Morgan fingerprint density at radius 1 is 1.11 bits per heavy atom. The van der Waals surface area contributed by atoms with E-state index in [4.69, 9.17) is 4.74 Å². The molecule has 1 N–H and O–H groups in total. The zero-order valence-electron chi connectivity index (χ0n) is 12.9. The summed E-state index contributed by atoms with van der Waals surface area (Å²) in [5, 5.41) is 3.48. The standard InChI is InChI=1S/C16H32N2O/c1-3-9-17-12-15-6-7-16(19-15)13-18-10-4-5-14(2)8-11-18/h14-17H,3-13H2,1-2H3. The van der Waals surface area contributed by atoms with E-state index in [2.05, 4.69) is 24.1 Å². The van der Waals surface area contributed by atoms with Crippen molar-refractivity contribution >= 4 is 0 Å². The first-order valence-electron chi connectivity index (χ1n) is 8.36. The number of rotatable bonds is 6. The molecule has 2 aliphatic heterocycles. The quantitative estimate of drug-likeness (QED) is 0.750. The summed E-state index contributed by atoms with van der Waals surface area (Å²) in [6, 6.07) is 0. The van der Waals surface area contributed by atoms with Gasteiger partial charge in [0.2, 0.25) is 0 Å². The van der Waals surface area contributed by atoms with Gasteiger partial charge in [0.15, 0.2) is 0 Å². The molecule has 3 nitrogen and oxygen atoms in total. The molecule has 0 aliphatic carbocycles. The molecule has 19 heavy (non-hydrogen) atoms. The first-order valence-corrected chi connectivity index (χ1v) is 8.36. The Labute approximate surface area is 119 Å². The van der Waals surface area contributed by atoms with E-state index in [1.807, 2.05) is 0 Å². The third kappa shape index (κ3) is 5.41. The lowest BCUT2D eigenvalue weighted by Crippen LogP contribution is -2.34. The van der Waals surface area contributed by atoms with Gasteiger partial charge in [0.25, 0.3) is 0 Å². The zero-order chi connectivity index (χ0) is 13.5. The minimum atomic E-state index is 0.461. The molecule has 2 saturated heterocycles. The smallest absolute Gasteiger partial charge is 0.0707 e. The third-order valence-electron chi connectivity index (χ3n) is 4.57. The molecule has 0 aromatic carbocycles. The summed E-state index contributed by atoms with van der Waals surface area (Å²) in [4.78, 5) is 2.63. The predicted octanol–water partition coefficient (Wildman–Crippen LogP) is 2.66. The first-order chi connectivity index (χ1) is 9.28. The summed E-state index contributed by atoms with van der Waals surface area (Å²) in [7, 11) is 0. The van der Waals surface area contributed by atoms with Crippen molar-refractivity contribution in [3.63, 3.8) is 0 Å². The normalized spacial score (nSPS) is 33.5. The maximum Gasteiger partial charge on any atom is 0.0707 e. The highest BCUT2D eigenvalue weighted by Gasteiger charge is 2.27. The molecule has 0 spiro atoms. The molecule has 0 aromatic rings. The number of ether oxygens (including phenoxy) is 1. The molecule has 3 heteroatoms. The van der Waals surface area contributed by atoms with Crippen LogP contribution >= 0.6 is 0 Å². The van der Waals surface area contributed by atoms with Crippen molar-refractivity contribution < 1.29 is 4.74 Å². The van der Waals surface area contributed by atoms with Crippen LogP contribution in [0.15, 0.2) is 0 Å². The fourth-order valence-corrected chi connectivity index (χ4v) is 3.30. The molecule has 2 fully saturated rings. The summed E-state index contributed by atoms with van der Waals surface area (Å²) in [5.74, 6) is 0.917. The Bertz CT molecular complexity index is 247. The fourth-order valence-electron chi connectivity index (χ4n) is 3.30. The molecule has 2 rings (SSSR count). The summed E-state index contributed by atoms with van der Waals surface area (Å²) in [5.41, 5.74) is 0. The highest BCUT2D eigenvalue weighted by molar-refractivity contribution is 4.79. The summed E-state index contributed by atoms with van der Waals surface area (Å²) in [6.45, 7) is 10.5. The zero-order valence-corrected chi connectivity index (χ0v) is 12.9. The number of nitrogens with zero attached hydrogens (tertiary/aromatic N) is 1. The van der Waals surface area contributed by atoms with Gasteiger partial charge in [-0.25, -0.2) is 0 Å². The lowest BCUT2D eigenvalue weighted by Gasteiger charge is -2.24. The van der Waals surface area contributed by atoms with Gasteiger partial charge in [-0.05, 0) is 64.1 Å². The van der Waals surface area contributed by atoms with Crippen molar-refractivity contribution in [1.29, 1.82) is 0 Å². The van der Waals surface area contributed by atoms with Crippen molar-refractivity contribution in [2.75, 3.05) is 32.7 Å². The monoisotopic (exact) mass is 268 g/mol. The topological polar surface area (TPSA) is 24.5 Å². The van der Waals surface area contributed by atoms with Crippen molar-refractivity contribution in [3.8, 4) is 0 Å². The van der Waals surface area contributed by atoms with Crippen LogP contribution in [0, 0.1) is 5.92 Å². The van der Waals surface area contributed by atoms with Gasteiger partial charge >= 0.3 is 0 Å². The molecule has 112 valence electrons. The molecule has 0 amide bonds. The van der Waals surface area contributed by atoms with E-state index < -0.39 is 0 Å². The summed E-state index contributed by atoms with van der Waals surface area (Å²) < 4.78 is 6.17. The van der Waals surface area contributed by atoms with E-state index in [1.54, 1.807) is 0 Å². The molecule has 3 unspecified atom stereocenters. The molecule has 0 saturated carbocycles. The molecule has 2 aliphatic rings. The molecule has 0 radical (unpaired) electrons. The van der Waals surface area contributed by atoms with Crippen LogP contribution in [0.5, 0.6) is 0 Å². The van der Waals surface area contributed by atoms with Crippen LogP contribution in [0.25, 0.3) is 0 Å². The summed E-state index contributed by atoms with van der Waals surface area (Å²) >= 11 is 0. The van der Waals surface area contributed by atoms with E-state index in [-0.39, 0.29) is 0 Å². The number of likely N-dealkylation sites (tertiary alicyclic amines) is 1. The first kappa shape index (κ1) is 15.3. The maximum absolute atomic E-state index is 6.17. The van der Waals surface area contributed by atoms with Crippen molar-refractivity contribution in [1.82, 2.24) is 10.2 Å². The van der Waals surface area contributed by atoms with Gasteiger partial charge in [-0.3, -0.25) is 0 Å². The van der Waals surface area contributed by atoms with Gasteiger partial charge in [0.05, 0.1) is 12.2 Å². The maximum atomic E-state index is 6.17. The van der Waals surface area contributed by atoms with Crippen LogP contribution in [0.1, 0.15) is 52.4 Å². The number of nitrogens with one attached hydrogen (secondary N) is 1. The Morgan fingerprint density at radius 2 is 1.95 bits per heavy atom. The Hall–Kier alpha value is -0.120. The van der Waals surface area contributed by atoms with Crippen LogP contribution in [0.2, 0.25) is 0 Å². The molecule has 0 bridgehead atoms. The van der Waals surface area contributed by atoms with Crippen LogP contribution in [0.4, 0.5) is 0 Å². The van der Waals surface area contributed by atoms with Crippen molar-refractivity contribution in [2.24, 2.45) is 5.92 Å². The van der Waals surface area contributed by atoms with Crippen LogP contribution in [0.3, 0.4) is 0 Å². The van der Waals surface area contributed by atoms with Crippen LogP contribution < -0.4 is 5.32 Å². The Balaban J connectivity index is 1.64.